The van der Waals surface area contributed by atoms with Gasteiger partial charge in [-0.2, -0.15) is 5.26 Å². The summed E-state index contributed by atoms with van der Waals surface area (Å²) < 4.78 is 27.1. The topological polar surface area (TPSA) is 64.9 Å². The lowest BCUT2D eigenvalue weighted by Gasteiger charge is -2.37. The van der Waals surface area contributed by atoms with E-state index < -0.39 is 35.1 Å². The number of hydrogen-bond donors (Lipinski definition) is 2. The lowest BCUT2D eigenvalue weighted by atomic mass is 9.63. The van der Waals surface area contributed by atoms with Crippen molar-refractivity contribution in [3.05, 3.63) is 105 Å². The molecule has 0 radical (unpaired) electrons. The van der Waals surface area contributed by atoms with Crippen LogP contribution < -0.4 is 10.6 Å². The third kappa shape index (κ3) is 5.71. The van der Waals surface area contributed by atoms with Crippen molar-refractivity contribution in [3.63, 3.8) is 0 Å². The van der Waals surface area contributed by atoms with Gasteiger partial charge in [-0.3, -0.25) is 4.79 Å². The van der Waals surface area contributed by atoms with E-state index in [1.54, 1.807) is 30.3 Å². The van der Waals surface area contributed by atoms with Crippen molar-refractivity contribution in [1.29, 1.82) is 5.26 Å². The molecule has 1 aliphatic heterocycles. The van der Waals surface area contributed by atoms with Gasteiger partial charge < -0.3 is 10.6 Å². The highest BCUT2D eigenvalue weighted by atomic mass is 35.5. The first-order valence-electron chi connectivity index (χ1n) is 12.3. The zero-order valence-corrected chi connectivity index (χ0v) is 22.9. The van der Waals surface area contributed by atoms with Gasteiger partial charge in [0.25, 0.3) is 0 Å². The smallest absolute Gasteiger partial charge is 0.238 e. The Bertz CT molecular complexity index is 1370. The quantitative estimate of drug-likeness (QED) is 0.347. The lowest BCUT2D eigenvalue weighted by Crippen LogP contribution is -2.45. The molecule has 0 saturated carbocycles. The van der Waals surface area contributed by atoms with Crippen LogP contribution in [0.4, 0.5) is 8.78 Å². The van der Waals surface area contributed by atoms with Gasteiger partial charge in [-0.15, -0.1) is 0 Å². The number of halogens is 4. The Hall–Kier alpha value is -2.98. The maximum Gasteiger partial charge on any atom is 0.238 e. The number of nitrogens with zero attached hydrogens (tertiary/aromatic N) is 1. The van der Waals surface area contributed by atoms with E-state index >= 15 is 0 Å². The standard InChI is InChI=1S/C30H29Cl2F2N3O/c1-29(2,3)15-25-30(17-35,20-8-10-21(31)11-9-20)26(19-5-4-6-22(32)14-19)27(37-25)28(38)36-16-18-7-12-23(33)24(34)13-18/h4-14,25-27,37H,15-16H2,1-3H3,(H,36,38)/t25-,26-,27+,30-/m0/s1. The van der Waals surface area contributed by atoms with Gasteiger partial charge in [0, 0.05) is 28.5 Å². The molecule has 1 heterocycles. The largest absolute Gasteiger partial charge is 0.351 e. The van der Waals surface area contributed by atoms with Crippen LogP contribution in [-0.2, 0) is 16.8 Å². The number of benzene rings is 3. The molecule has 38 heavy (non-hydrogen) atoms. The Labute approximate surface area is 232 Å². The van der Waals surface area contributed by atoms with Crippen molar-refractivity contribution < 1.29 is 13.6 Å². The summed E-state index contributed by atoms with van der Waals surface area (Å²) in [5, 5.41) is 18.3. The number of carbonyl (C=O) groups excluding carboxylic acids is 1. The molecule has 3 aromatic rings. The van der Waals surface area contributed by atoms with Crippen LogP contribution in [0.15, 0.2) is 66.7 Å². The van der Waals surface area contributed by atoms with Gasteiger partial charge in [0.15, 0.2) is 11.6 Å². The first-order valence-corrected chi connectivity index (χ1v) is 13.1. The van der Waals surface area contributed by atoms with Crippen LogP contribution in [-0.4, -0.2) is 18.0 Å². The van der Waals surface area contributed by atoms with Crippen molar-refractivity contribution >= 4 is 29.1 Å². The number of rotatable bonds is 6. The van der Waals surface area contributed by atoms with Crippen molar-refractivity contribution in [1.82, 2.24) is 10.6 Å². The van der Waals surface area contributed by atoms with E-state index in [0.29, 0.717) is 22.0 Å². The van der Waals surface area contributed by atoms with Gasteiger partial charge in [0.05, 0.1) is 12.1 Å². The number of hydrogen-bond acceptors (Lipinski definition) is 3. The summed E-state index contributed by atoms with van der Waals surface area (Å²) >= 11 is 12.6. The minimum Gasteiger partial charge on any atom is -0.351 e. The van der Waals surface area contributed by atoms with E-state index in [0.717, 1.165) is 23.3 Å². The molecule has 0 aliphatic carbocycles. The maximum absolute atomic E-state index is 13.7. The van der Waals surface area contributed by atoms with E-state index in [1.807, 2.05) is 18.2 Å². The second-order valence-corrected chi connectivity index (χ2v) is 11.8. The molecular formula is C30H29Cl2F2N3O. The molecule has 2 N–H and O–H groups in total. The number of nitriles is 1. The molecule has 0 spiro atoms. The zero-order valence-electron chi connectivity index (χ0n) is 21.4. The molecule has 3 aromatic carbocycles. The van der Waals surface area contributed by atoms with Gasteiger partial charge in [0.1, 0.15) is 5.41 Å². The molecule has 0 aromatic heterocycles. The molecule has 198 valence electrons. The fourth-order valence-corrected chi connectivity index (χ4v) is 5.73. The fourth-order valence-electron chi connectivity index (χ4n) is 5.41. The summed E-state index contributed by atoms with van der Waals surface area (Å²) in [5.41, 5.74) is 0.609. The Morgan fingerprint density at radius 1 is 1.03 bits per heavy atom. The summed E-state index contributed by atoms with van der Waals surface area (Å²) in [7, 11) is 0. The molecule has 0 unspecified atom stereocenters. The monoisotopic (exact) mass is 555 g/mol. The predicted molar refractivity (Wildman–Crippen MR) is 146 cm³/mol. The summed E-state index contributed by atoms with van der Waals surface area (Å²) in [5.74, 6) is -2.90. The fraction of sp³-hybridized carbons (Fsp3) is 0.333. The zero-order chi connectivity index (χ0) is 27.7. The summed E-state index contributed by atoms with van der Waals surface area (Å²) in [6, 6.07) is 19.3. The molecule has 4 nitrogen and oxygen atoms in total. The van der Waals surface area contributed by atoms with Gasteiger partial charge in [-0.05, 0) is 64.9 Å². The average molecular weight is 556 g/mol. The van der Waals surface area contributed by atoms with Gasteiger partial charge in [-0.25, -0.2) is 8.78 Å². The van der Waals surface area contributed by atoms with Crippen LogP contribution in [0.3, 0.4) is 0 Å². The predicted octanol–water partition coefficient (Wildman–Crippen LogP) is 6.91. The van der Waals surface area contributed by atoms with Crippen molar-refractivity contribution in [2.45, 2.75) is 57.2 Å². The average Bonchev–Trinajstić information content (AvgIpc) is 3.18. The summed E-state index contributed by atoms with van der Waals surface area (Å²) in [4.78, 5) is 13.7. The van der Waals surface area contributed by atoms with Crippen molar-refractivity contribution in [2.75, 3.05) is 0 Å². The Balaban J connectivity index is 1.81. The Morgan fingerprint density at radius 3 is 2.34 bits per heavy atom. The van der Waals surface area contributed by atoms with E-state index in [9.17, 15) is 18.8 Å². The third-order valence-electron chi connectivity index (χ3n) is 7.02. The Morgan fingerprint density at radius 2 is 1.74 bits per heavy atom. The molecule has 1 aliphatic rings. The normalized spacial score (nSPS) is 23.2. The van der Waals surface area contributed by atoms with Crippen molar-refractivity contribution in [3.8, 4) is 6.07 Å². The van der Waals surface area contributed by atoms with E-state index in [4.69, 9.17) is 23.2 Å². The molecule has 0 bridgehead atoms. The third-order valence-corrected chi connectivity index (χ3v) is 7.51. The van der Waals surface area contributed by atoms with Gasteiger partial charge >= 0.3 is 0 Å². The highest BCUT2D eigenvalue weighted by molar-refractivity contribution is 6.30. The first kappa shape index (κ1) is 28.0. The number of nitrogens with one attached hydrogen (secondary N) is 2. The summed E-state index contributed by atoms with van der Waals surface area (Å²) in [6.45, 7) is 6.26. The molecule has 1 fully saturated rings. The van der Waals surface area contributed by atoms with E-state index in [1.165, 1.54) is 6.07 Å². The number of carbonyl (C=O) groups is 1. The van der Waals surface area contributed by atoms with Crippen LogP contribution >= 0.6 is 23.2 Å². The summed E-state index contributed by atoms with van der Waals surface area (Å²) in [6.07, 6.45) is 0.604. The maximum atomic E-state index is 13.7. The van der Waals surface area contributed by atoms with E-state index in [2.05, 4.69) is 37.5 Å². The molecule has 1 saturated heterocycles. The minimum absolute atomic E-state index is 0.000908. The minimum atomic E-state index is -1.13. The molecule has 8 heteroatoms. The Kier molecular flexibility index (Phi) is 8.13. The van der Waals surface area contributed by atoms with Crippen LogP contribution in [0.2, 0.25) is 10.0 Å². The SMILES string of the molecule is CC(C)(C)C[C@@H]1N[C@@H](C(=O)NCc2ccc(F)c(F)c2)[C@H](c2cccc(Cl)c2)[C@@]1(C#N)c1ccc(Cl)cc1. The molecular weight excluding hydrogens is 527 g/mol. The highest BCUT2D eigenvalue weighted by Gasteiger charge is 2.59. The van der Waals surface area contributed by atoms with Crippen LogP contribution in [0.5, 0.6) is 0 Å². The second kappa shape index (κ2) is 11.0. The second-order valence-electron chi connectivity index (χ2n) is 10.9. The molecule has 1 amide bonds. The van der Waals surface area contributed by atoms with Gasteiger partial charge in [0.2, 0.25) is 5.91 Å². The van der Waals surface area contributed by atoms with Crippen LogP contribution in [0, 0.1) is 28.4 Å². The lowest BCUT2D eigenvalue weighted by molar-refractivity contribution is -0.123. The van der Waals surface area contributed by atoms with Gasteiger partial charge in [-0.1, -0.05) is 74.3 Å². The highest BCUT2D eigenvalue weighted by Crippen LogP contribution is 2.51. The van der Waals surface area contributed by atoms with Crippen LogP contribution in [0.1, 0.15) is 49.8 Å². The molecule has 4 rings (SSSR count). The number of amides is 1. The van der Waals surface area contributed by atoms with Crippen molar-refractivity contribution in [2.24, 2.45) is 5.41 Å². The first-order chi connectivity index (χ1) is 17.9. The van der Waals surface area contributed by atoms with Crippen LogP contribution in [0.25, 0.3) is 0 Å². The van der Waals surface area contributed by atoms with E-state index in [-0.39, 0.29) is 17.9 Å². The molecule has 4 atom stereocenters.